The maximum Gasteiger partial charge on any atom is 0.119 e. The van der Waals surface area contributed by atoms with Crippen molar-refractivity contribution in [2.24, 2.45) is 5.73 Å². The number of rotatable bonds is 4. The minimum atomic E-state index is 0.391. The van der Waals surface area contributed by atoms with Crippen LogP contribution in [0.3, 0.4) is 0 Å². The topological polar surface area (TPSA) is 35.2 Å². The molecule has 2 rings (SSSR count). The Bertz CT molecular complexity index is 607. The Morgan fingerprint density at radius 2 is 1.89 bits per heavy atom. The van der Waals surface area contributed by atoms with E-state index < -0.39 is 0 Å². The Balaban J connectivity index is 2.20. The van der Waals surface area contributed by atoms with E-state index in [1.165, 1.54) is 10.8 Å². The highest BCUT2D eigenvalue weighted by Gasteiger charge is 1.98. The number of hydrogen-bond acceptors (Lipinski definition) is 2. The van der Waals surface area contributed by atoms with Gasteiger partial charge in [0.15, 0.2) is 0 Å². The molecule has 0 bridgehead atoms. The molecular weight excluding hydrogens is 234 g/mol. The average Bonchev–Trinajstić information content (AvgIpc) is 2.45. The highest BCUT2D eigenvalue weighted by Crippen LogP contribution is 2.22. The molecular formula is C17H19NO. The van der Waals surface area contributed by atoms with Crippen molar-refractivity contribution in [2.75, 3.05) is 13.2 Å². The zero-order valence-corrected chi connectivity index (χ0v) is 11.3. The van der Waals surface area contributed by atoms with E-state index in [9.17, 15) is 0 Å². The summed E-state index contributed by atoms with van der Waals surface area (Å²) in [5.41, 5.74) is 6.37. The summed E-state index contributed by atoms with van der Waals surface area (Å²) in [5.74, 6) is 6.85. The first kappa shape index (κ1) is 13.5. The Hall–Kier alpha value is -1.98. The van der Waals surface area contributed by atoms with Gasteiger partial charge >= 0.3 is 0 Å². The first-order valence-electron chi connectivity index (χ1n) is 6.69. The van der Waals surface area contributed by atoms with Gasteiger partial charge in [-0.3, -0.25) is 0 Å². The minimum Gasteiger partial charge on any atom is -0.494 e. The first-order chi connectivity index (χ1) is 9.33. The zero-order chi connectivity index (χ0) is 13.5. The van der Waals surface area contributed by atoms with Crippen LogP contribution in [0.25, 0.3) is 10.8 Å². The molecule has 0 radical (unpaired) electrons. The minimum absolute atomic E-state index is 0.391. The lowest BCUT2D eigenvalue weighted by Crippen LogP contribution is -1.96. The summed E-state index contributed by atoms with van der Waals surface area (Å²) in [6, 6.07) is 12.3. The molecule has 2 aromatic carbocycles. The van der Waals surface area contributed by atoms with E-state index in [0.717, 1.165) is 30.8 Å². The number of nitrogens with two attached hydrogens (primary N) is 1. The van der Waals surface area contributed by atoms with E-state index in [0.29, 0.717) is 6.54 Å². The van der Waals surface area contributed by atoms with Crippen LogP contribution in [0, 0.1) is 11.8 Å². The molecule has 2 heteroatoms. The summed E-state index contributed by atoms with van der Waals surface area (Å²) in [6.45, 7) is 3.33. The van der Waals surface area contributed by atoms with Gasteiger partial charge in [0.05, 0.1) is 13.2 Å². The van der Waals surface area contributed by atoms with Crippen molar-refractivity contribution < 1.29 is 4.74 Å². The molecule has 0 saturated heterocycles. The van der Waals surface area contributed by atoms with Crippen LogP contribution in [0.5, 0.6) is 5.75 Å². The summed E-state index contributed by atoms with van der Waals surface area (Å²) >= 11 is 0. The maximum absolute atomic E-state index is 5.71. The first-order valence-corrected chi connectivity index (χ1v) is 6.69. The molecule has 0 saturated carbocycles. The third-order valence-electron chi connectivity index (χ3n) is 2.91. The van der Waals surface area contributed by atoms with Crippen LogP contribution in [0.15, 0.2) is 36.4 Å². The fourth-order valence-corrected chi connectivity index (χ4v) is 1.88. The standard InChI is InChI=1S/C17H19NO/c1-2-3-11-19-17-9-8-15-12-14(5-4-10-18)6-7-16(15)13-17/h6-9,12-13H,2-3,10-11,18H2,1H3. The molecule has 0 heterocycles. The van der Waals surface area contributed by atoms with Gasteiger partial charge in [-0.1, -0.05) is 37.3 Å². The fourth-order valence-electron chi connectivity index (χ4n) is 1.88. The predicted octanol–water partition coefficient (Wildman–Crippen LogP) is 3.33. The smallest absolute Gasteiger partial charge is 0.119 e. The van der Waals surface area contributed by atoms with Crippen LogP contribution < -0.4 is 10.5 Å². The lowest BCUT2D eigenvalue weighted by molar-refractivity contribution is 0.310. The summed E-state index contributed by atoms with van der Waals surface area (Å²) in [7, 11) is 0. The Labute approximate surface area is 114 Å². The van der Waals surface area contributed by atoms with Crippen LogP contribution in [0.2, 0.25) is 0 Å². The number of hydrogen-bond donors (Lipinski definition) is 1. The molecule has 0 aliphatic carbocycles. The van der Waals surface area contributed by atoms with E-state index in [-0.39, 0.29) is 0 Å². The zero-order valence-electron chi connectivity index (χ0n) is 11.3. The lowest BCUT2D eigenvalue weighted by Gasteiger charge is -2.06. The molecule has 2 N–H and O–H groups in total. The highest BCUT2D eigenvalue weighted by atomic mass is 16.5. The van der Waals surface area contributed by atoms with E-state index in [1.54, 1.807) is 0 Å². The molecule has 2 nitrogen and oxygen atoms in total. The lowest BCUT2D eigenvalue weighted by atomic mass is 10.1. The average molecular weight is 253 g/mol. The Kier molecular flexibility index (Phi) is 4.83. The second-order valence-corrected chi connectivity index (χ2v) is 4.43. The quantitative estimate of drug-likeness (QED) is 0.670. The van der Waals surface area contributed by atoms with Gasteiger partial charge in [-0.2, -0.15) is 0 Å². The molecule has 0 amide bonds. The molecule has 0 aliphatic rings. The van der Waals surface area contributed by atoms with E-state index >= 15 is 0 Å². The van der Waals surface area contributed by atoms with E-state index in [4.69, 9.17) is 10.5 Å². The molecule has 98 valence electrons. The number of unbranched alkanes of at least 4 members (excludes halogenated alkanes) is 1. The number of benzene rings is 2. The molecule has 2 aromatic rings. The summed E-state index contributed by atoms with van der Waals surface area (Å²) in [6.07, 6.45) is 2.24. The second kappa shape index (κ2) is 6.82. The largest absolute Gasteiger partial charge is 0.494 e. The molecule has 19 heavy (non-hydrogen) atoms. The third kappa shape index (κ3) is 3.74. The van der Waals surface area contributed by atoms with Crippen LogP contribution in [0.4, 0.5) is 0 Å². The number of ether oxygens (including phenoxy) is 1. The highest BCUT2D eigenvalue weighted by molar-refractivity contribution is 5.85. The van der Waals surface area contributed by atoms with Crippen LogP contribution in [-0.4, -0.2) is 13.2 Å². The normalized spacial score (nSPS) is 10.0. The van der Waals surface area contributed by atoms with Gasteiger partial charge in [0.2, 0.25) is 0 Å². The van der Waals surface area contributed by atoms with Crippen molar-refractivity contribution in [3.8, 4) is 17.6 Å². The molecule has 0 atom stereocenters. The Morgan fingerprint density at radius 1 is 1.11 bits per heavy atom. The third-order valence-corrected chi connectivity index (χ3v) is 2.91. The van der Waals surface area contributed by atoms with Crippen molar-refractivity contribution >= 4 is 10.8 Å². The predicted molar refractivity (Wildman–Crippen MR) is 80.3 cm³/mol. The van der Waals surface area contributed by atoms with Crippen LogP contribution >= 0.6 is 0 Å². The van der Waals surface area contributed by atoms with Crippen molar-refractivity contribution in [3.63, 3.8) is 0 Å². The summed E-state index contributed by atoms with van der Waals surface area (Å²) in [5, 5.41) is 2.35. The Morgan fingerprint density at radius 3 is 2.68 bits per heavy atom. The van der Waals surface area contributed by atoms with Gasteiger partial charge in [-0.25, -0.2) is 0 Å². The van der Waals surface area contributed by atoms with Crippen molar-refractivity contribution in [1.82, 2.24) is 0 Å². The summed E-state index contributed by atoms with van der Waals surface area (Å²) < 4.78 is 5.71. The van der Waals surface area contributed by atoms with Gasteiger partial charge in [-0.05, 0) is 41.5 Å². The number of fused-ring (bicyclic) bond motifs is 1. The molecule has 0 spiro atoms. The second-order valence-electron chi connectivity index (χ2n) is 4.43. The summed E-state index contributed by atoms with van der Waals surface area (Å²) in [4.78, 5) is 0. The van der Waals surface area contributed by atoms with Gasteiger partial charge in [0.1, 0.15) is 5.75 Å². The molecule has 0 aliphatic heterocycles. The van der Waals surface area contributed by atoms with Crippen molar-refractivity contribution in [3.05, 3.63) is 42.0 Å². The van der Waals surface area contributed by atoms with Gasteiger partial charge in [0, 0.05) is 5.56 Å². The van der Waals surface area contributed by atoms with Gasteiger partial charge in [-0.15, -0.1) is 0 Å². The van der Waals surface area contributed by atoms with Crippen LogP contribution in [-0.2, 0) is 0 Å². The monoisotopic (exact) mass is 253 g/mol. The molecule has 0 unspecified atom stereocenters. The maximum atomic E-state index is 5.71. The van der Waals surface area contributed by atoms with Gasteiger partial charge in [0.25, 0.3) is 0 Å². The van der Waals surface area contributed by atoms with Crippen molar-refractivity contribution in [1.29, 1.82) is 0 Å². The molecule has 0 aromatic heterocycles. The van der Waals surface area contributed by atoms with Crippen molar-refractivity contribution in [2.45, 2.75) is 19.8 Å². The van der Waals surface area contributed by atoms with Gasteiger partial charge < -0.3 is 10.5 Å². The van der Waals surface area contributed by atoms with E-state index in [2.05, 4.69) is 43.0 Å². The van der Waals surface area contributed by atoms with Crippen LogP contribution in [0.1, 0.15) is 25.3 Å². The fraction of sp³-hybridized carbons (Fsp3) is 0.294. The van der Waals surface area contributed by atoms with E-state index in [1.807, 2.05) is 12.1 Å². The molecule has 0 fully saturated rings. The SMILES string of the molecule is CCCCOc1ccc2cc(C#CCN)ccc2c1.